The van der Waals surface area contributed by atoms with Gasteiger partial charge in [0, 0.05) is 24.7 Å². The molecular formula is C18H13ClF3N5O2S. The van der Waals surface area contributed by atoms with Gasteiger partial charge in [-0.3, -0.25) is 9.59 Å². The zero-order valence-electron chi connectivity index (χ0n) is 15.3. The standard InChI is InChI=1S/C18H13ClF3N5O2S/c1-9(4-13(28)12-2-3-23-8-26-12)17-25-7-14(30-17)16(29)27-15-5-10(18(20,21)22)11(19)6-24-15/h2-3,5-9H,4H2,1H3,(H,24,27,29)/t9-/m0/s1. The fourth-order valence-corrected chi connectivity index (χ4v) is 3.52. The number of nitrogens with one attached hydrogen (secondary N) is 1. The van der Waals surface area contributed by atoms with Crippen molar-refractivity contribution in [2.24, 2.45) is 0 Å². The minimum Gasteiger partial charge on any atom is -0.306 e. The summed E-state index contributed by atoms with van der Waals surface area (Å²) in [5.41, 5.74) is -0.822. The molecule has 0 aliphatic rings. The van der Waals surface area contributed by atoms with Gasteiger partial charge in [0.1, 0.15) is 22.7 Å². The minimum atomic E-state index is -4.68. The van der Waals surface area contributed by atoms with Crippen LogP contribution in [0, 0.1) is 0 Å². The summed E-state index contributed by atoms with van der Waals surface area (Å²) < 4.78 is 38.8. The first-order valence-electron chi connectivity index (χ1n) is 8.44. The minimum absolute atomic E-state index is 0.124. The summed E-state index contributed by atoms with van der Waals surface area (Å²) >= 11 is 6.55. The third-order valence-electron chi connectivity index (χ3n) is 3.93. The molecule has 3 rings (SSSR count). The Kier molecular flexibility index (Phi) is 6.42. The van der Waals surface area contributed by atoms with Crippen molar-refractivity contribution in [1.29, 1.82) is 0 Å². The molecular weight excluding hydrogens is 443 g/mol. The van der Waals surface area contributed by atoms with E-state index in [1.807, 2.05) is 0 Å². The zero-order chi connectivity index (χ0) is 21.9. The molecule has 156 valence electrons. The Hall–Kier alpha value is -2.92. The SMILES string of the molecule is C[C@@H](CC(=O)c1ccncn1)c1ncc(C(=O)Nc2cc(C(F)(F)F)c(Cl)cn2)s1. The molecule has 3 aromatic rings. The third-order valence-corrected chi connectivity index (χ3v) is 5.46. The van der Waals surface area contributed by atoms with Crippen molar-refractivity contribution < 1.29 is 22.8 Å². The van der Waals surface area contributed by atoms with Crippen LogP contribution < -0.4 is 5.32 Å². The number of ketones is 1. The number of hydrogen-bond acceptors (Lipinski definition) is 7. The molecule has 0 radical (unpaired) electrons. The number of carbonyl (C=O) groups is 2. The van der Waals surface area contributed by atoms with Gasteiger partial charge in [0.2, 0.25) is 0 Å². The Morgan fingerprint density at radius 2 is 2.00 bits per heavy atom. The number of pyridine rings is 1. The Bertz CT molecular complexity index is 1080. The Morgan fingerprint density at radius 1 is 1.23 bits per heavy atom. The van der Waals surface area contributed by atoms with Crippen molar-refractivity contribution in [1.82, 2.24) is 19.9 Å². The van der Waals surface area contributed by atoms with Crippen LogP contribution in [-0.4, -0.2) is 31.6 Å². The quantitative estimate of drug-likeness (QED) is 0.544. The van der Waals surface area contributed by atoms with Crippen LogP contribution in [0.15, 0.2) is 37.1 Å². The van der Waals surface area contributed by atoms with E-state index in [0.29, 0.717) is 11.1 Å². The summed E-state index contributed by atoms with van der Waals surface area (Å²) in [6, 6.07) is 2.16. The van der Waals surface area contributed by atoms with Gasteiger partial charge in [0.15, 0.2) is 5.78 Å². The maximum Gasteiger partial charge on any atom is 0.418 e. The highest BCUT2D eigenvalue weighted by atomic mass is 35.5. The van der Waals surface area contributed by atoms with E-state index in [1.54, 1.807) is 6.92 Å². The number of thiazole rings is 1. The number of halogens is 4. The van der Waals surface area contributed by atoms with Crippen LogP contribution in [0.1, 0.15) is 50.0 Å². The van der Waals surface area contributed by atoms with Crippen LogP contribution in [0.25, 0.3) is 0 Å². The highest BCUT2D eigenvalue weighted by Gasteiger charge is 2.34. The lowest BCUT2D eigenvalue weighted by Gasteiger charge is -2.10. The summed E-state index contributed by atoms with van der Waals surface area (Å²) in [4.78, 5) is 40.3. The fraction of sp³-hybridized carbons (Fsp3) is 0.222. The number of Topliss-reactive ketones (excluding diaryl/α,β-unsaturated/α-hetero) is 1. The number of nitrogens with zero attached hydrogens (tertiary/aromatic N) is 4. The van der Waals surface area contributed by atoms with E-state index in [-0.39, 0.29) is 34.5 Å². The van der Waals surface area contributed by atoms with E-state index >= 15 is 0 Å². The van der Waals surface area contributed by atoms with Gasteiger partial charge in [-0.2, -0.15) is 13.2 Å². The van der Waals surface area contributed by atoms with Gasteiger partial charge in [-0.1, -0.05) is 18.5 Å². The molecule has 3 aromatic heterocycles. The van der Waals surface area contributed by atoms with Crippen molar-refractivity contribution in [3.8, 4) is 0 Å². The molecule has 0 aliphatic heterocycles. The largest absolute Gasteiger partial charge is 0.418 e. The Morgan fingerprint density at radius 3 is 2.67 bits per heavy atom. The number of aromatic nitrogens is 4. The number of carbonyl (C=O) groups excluding carboxylic acids is 2. The molecule has 0 aromatic carbocycles. The Balaban J connectivity index is 1.68. The number of rotatable bonds is 6. The lowest BCUT2D eigenvalue weighted by molar-refractivity contribution is -0.137. The lowest BCUT2D eigenvalue weighted by atomic mass is 10.0. The van der Waals surface area contributed by atoms with E-state index < -0.39 is 22.7 Å². The highest BCUT2D eigenvalue weighted by molar-refractivity contribution is 7.13. The van der Waals surface area contributed by atoms with Crippen LogP contribution >= 0.6 is 22.9 Å². The maximum atomic E-state index is 12.9. The normalized spacial score (nSPS) is 12.4. The number of anilines is 1. The third kappa shape index (κ3) is 5.16. The lowest BCUT2D eigenvalue weighted by Crippen LogP contribution is -2.13. The van der Waals surface area contributed by atoms with Crippen molar-refractivity contribution >= 4 is 40.4 Å². The summed E-state index contributed by atoms with van der Waals surface area (Å²) in [6.07, 6.45) is 0.299. The van der Waals surface area contributed by atoms with Gasteiger partial charge in [-0.05, 0) is 12.1 Å². The van der Waals surface area contributed by atoms with E-state index in [1.165, 1.54) is 24.8 Å². The first kappa shape index (κ1) is 21.8. The van der Waals surface area contributed by atoms with Crippen LogP contribution in [0.4, 0.5) is 19.0 Å². The second-order valence-corrected chi connectivity index (χ2v) is 7.66. The fourth-order valence-electron chi connectivity index (χ4n) is 2.45. The number of hydrogen-bond donors (Lipinski definition) is 1. The Labute approximate surface area is 177 Å². The van der Waals surface area contributed by atoms with Gasteiger partial charge in [0.25, 0.3) is 5.91 Å². The molecule has 1 amide bonds. The van der Waals surface area contributed by atoms with Crippen molar-refractivity contribution in [3.05, 3.63) is 63.2 Å². The summed E-state index contributed by atoms with van der Waals surface area (Å²) in [6.45, 7) is 1.77. The van der Waals surface area contributed by atoms with E-state index in [0.717, 1.165) is 17.5 Å². The molecule has 1 N–H and O–H groups in total. The van der Waals surface area contributed by atoms with Gasteiger partial charge in [-0.15, -0.1) is 11.3 Å². The smallest absolute Gasteiger partial charge is 0.306 e. The molecule has 0 spiro atoms. The molecule has 30 heavy (non-hydrogen) atoms. The molecule has 0 saturated heterocycles. The highest BCUT2D eigenvalue weighted by Crippen LogP contribution is 2.35. The predicted molar refractivity (Wildman–Crippen MR) is 104 cm³/mol. The molecule has 1 atom stereocenters. The van der Waals surface area contributed by atoms with Crippen LogP contribution in [0.3, 0.4) is 0 Å². The average Bonchev–Trinajstić information content (AvgIpc) is 3.20. The zero-order valence-corrected chi connectivity index (χ0v) is 16.8. The number of alkyl halides is 3. The molecule has 0 saturated carbocycles. The predicted octanol–water partition coefficient (Wildman–Crippen LogP) is 4.63. The molecule has 7 nitrogen and oxygen atoms in total. The topological polar surface area (TPSA) is 97.7 Å². The second kappa shape index (κ2) is 8.84. The van der Waals surface area contributed by atoms with Crippen molar-refractivity contribution in [2.45, 2.75) is 25.4 Å². The summed E-state index contributed by atoms with van der Waals surface area (Å²) in [5, 5.41) is 2.26. The first-order chi connectivity index (χ1) is 14.1. The molecule has 12 heteroatoms. The summed E-state index contributed by atoms with van der Waals surface area (Å²) in [7, 11) is 0. The van der Waals surface area contributed by atoms with E-state index in [2.05, 4.69) is 25.3 Å². The first-order valence-corrected chi connectivity index (χ1v) is 9.63. The molecule has 0 fully saturated rings. The number of amides is 1. The van der Waals surface area contributed by atoms with Crippen LogP contribution in [0.5, 0.6) is 0 Å². The second-order valence-electron chi connectivity index (χ2n) is 6.19. The molecule has 3 heterocycles. The summed E-state index contributed by atoms with van der Waals surface area (Å²) in [5.74, 6) is -1.45. The van der Waals surface area contributed by atoms with Crippen molar-refractivity contribution in [3.63, 3.8) is 0 Å². The van der Waals surface area contributed by atoms with Gasteiger partial charge in [0.05, 0.1) is 21.8 Å². The molecule has 0 bridgehead atoms. The van der Waals surface area contributed by atoms with Gasteiger partial charge in [-0.25, -0.2) is 19.9 Å². The van der Waals surface area contributed by atoms with Crippen LogP contribution in [-0.2, 0) is 6.18 Å². The van der Waals surface area contributed by atoms with Gasteiger partial charge >= 0.3 is 6.18 Å². The molecule has 0 unspecified atom stereocenters. The van der Waals surface area contributed by atoms with E-state index in [9.17, 15) is 22.8 Å². The maximum absolute atomic E-state index is 12.9. The van der Waals surface area contributed by atoms with Crippen molar-refractivity contribution in [2.75, 3.05) is 5.32 Å². The molecule has 0 aliphatic carbocycles. The van der Waals surface area contributed by atoms with Gasteiger partial charge < -0.3 is 5.32 Å². The van der Waals surface area contributed by atoms with E-state index in [4.69, 9.17) is 11.6 Å². The average molecular weight is 456 g/mol. The van der Waals surface area contributed by atoms with Crippen LogP contribution in [0.2, 0.25) is 5.02 Å². The monoisotopic (exact) mass is 455 g/mol.